The van der Waals surface area contributed by atoms with Crippen molar-refractivity contribution in [3.8, 4) is 0 Å². The van der Waals surface area contributed by atoms with E-state index in [-0.39, 0.29) is 35.7 Å². The summed E-state index contributed by atoms with van der Waals surface area (Å²) in [4.78, 5) is 17.1. The van der Waals surface area contributed by atoms with Gasteiger partial charge in [-0.05, 0) is 35.1 Å². The highest BCUT2D eigenvalue weighted by atomic mass is 32.2. The van der Waals surface area contributed by atoms with Crippen molar-refractivity contribution in [2.75, 3.05) is 6.54 Å². The smallest absolute Gasteiger partial charge is 0.263 e. The minimum atomic E-state index is -3.56. The van der Waals surface area contributed by atoms with Gasteiger partial charge in [-0.25, -0.2) is 8.42 Å². The highest BCUT2D eigenvalue weighted by molar-refractivity contribution is 7.90. The van der Waals surface area contributed by atoms with Crippen LogP contribution < -0.4 is 10.0 Å². The lowest BCUT2D eigenvalue weighted by Crippen LogP contribution is -2.32. The fourth-order valence-electron chi connectivity index (χ4n) is 3.49. The van der Waals surface area contributed by atoms with Crippen molar-refractivity contribution in [3.63, 3.8) is 0 Å². The lowest BCUT2D eigenvalue weighted by Gasteiger charge is -2.23. The zero-order chi connectivity index (χ0) is 21.9. The van der Waals surface area contributed by atoms with Crippen molar-refractivity contribution in [1.82, 2.24) is 10.0 Å². The summed E-state index contributed by atoms with van der Waals surface area (Å²) >= 11 is 0. The topological polar surface area (TPSA) is 87.6 Å². The number of nitrogens with one attached hydrogen (secondary N) is 2. The van der Waals surface area contributed by atoms with E-state index in [0.29, 0.717) is 17.3 Å². The van der Waals surface area contributed by atoms with Crippen LogP contribution in [0.3, 0.4) is 0 Å². The molecule has 3 rings (SSSR count). The van der Waals surface area contributed by atoms with Gasteiger partial charge < -0.3 is 5.32 Å². The van der Waals surface area contributed by atoms with Crippen LogP contribution in [0.2, 0.25) is 0 Å². The van der Waals surface area contributed by atoms with Gasteiger partial charge in [0.2, 0.25) is 5.91 Å². The second kappa shape index (κ2) is 9.00. The van der Waals surface area contributed by atoms with Crippen LogP contribution in [-0.4, -0.2) is 26.7 Å². The highest BCUT2D eigenvalue weighted by Gasteiger charge is 2.30. The average Bonchev–Trinajstić information content (AvgIpc) is 2.96. The molecule has 0 aliphatic carbocycles. The van der Waals surface area contributed by atoms with E-state index in [1.54, 1.807) is 24.3 Å². The molecule has 0 saturated carbocycles. The molecule has 1 aliphatic heterocycles. The molecule has 0 saturated heterocycles. The zero-order valence-electron chi connectivity index (χ0n) is 17.8. The van der Waals surface area contributed by atoms with Gasteiger partial charge >= 0.3 is 0 Å². The minimum Gasteiger partial charge on any atom is -0.349 e. The largest absolute Gasteiger partial charge is 0.349 e. The zero-order valence-corrected chi connectivity index (χ0v) is 18.7. The van der Waals surface area contributed by atoms with E-state index < -0.39 is 10.0 Å². The van der Waals surface area contributed by atoms with Gasteiger partial charge in [0.25, 0.3) is 10.0 Å². The van der Waals surface area contributed by atoms with Gasteiger partial charge in [0, 0.05) is 12.0 Å². The van der Waals surface area contributed by atoms with Crippen LogP contribution in [0.25, 0.3) is 0 Å². The molecule has 0 unspecified atom stereocenters. The number of benzene rings is 2. The molecule has 0 aromatic heterocycles. The number of carbonyl (C=O) groups is 1. The second-order valence-electron chi connectivity index (χ2n) is 8.19. The number of sulfonamides is 1. The van der Waals surface area contributed by atoms with Crippen molar-refractivity contribution in [1.29, 1.82) is 0 Å². The van der Waals surface area contributed by atoms with E-state index in [2.05, 4.69) is 67.0 Å². The Morgan fingerprint density at radius 2 is 1.63 bits per heavy atom. The van der Waals surface area contributed by atoms with E-state index in [9.17, 15) is 13.2 Å². The Hall–Kier alpha value is -2.67. The van der Waals surface area contributed by atoms with Gasteiger partial charge in [0.1, 0.15) is 5.84 Å². The molecule has 160 valence electrons. The van der Waals surface area contributed by atoms with Gasteiger partial charge in [0.15, 0.2) is 0 Å². The third-order valence-electron chi connectivity index (χ3n) is 5.22. The normalized spacial score (nSPS) is 17.1. The summed E-state index contributed by atoms with van der Waals surface area (Å²) in [6.07, 6.45) is 0.181. The Kier molecular flexibility index (Phi) is 6.61. The predicted octanol–water partition coefficient (Wildman–Crippen LogP) is 3.75. The van der Waals surface area contributed by atoms with Crippen molar-refractivity contribution in [2.24, 2.45) is 10.9 Å². The molecule has 0 spiro atoms. The summed E-state index contributed by atoms with van der Waals surface area (Å²) in [5.41, 5.74) is 2.89. The summed E-state index contributed by atoms with van der Waals surface area (Å²) < 4.78 is 26.7. The Bertz CT molecular complexity index is 1040. The fourth-order valence-corrected chi connectivity index (χ4v) is 4.74. The number of carbonyl (C=O) groups excluding carboxylic acids is 1. The predicted molar refractivity (Wildman–Crippen MR) is 119 cm³/mol. The van der Waals surface area contributed by atoms with Crippen LogP contribution in [0.5, 0.6) is 0 Å². The van der Waals surface area contributed by atoms with Crippen molar-refractivity contribution in [2.45, 2.75) is 51.0 Å². The second-order valence-corrected chi connectivity index (χ2v) is 9.84. The minimum absolute atomic E-state index is 0.0860. The van der Waals surface area contributed by atoms with Gasteiger partial charge in [0.05, 0.1) is 17.5 Å². The van der Waals surface area contributed by atoms with E-state index >= 15 is 0 Å². The van der Waals surface area contributed by atoms with Gasteiger partial charge in [-0.1, -0.05) is 64.1 Å². The summed E-state index contributed by atoms with van der Waals surface area (Å²) in [5.74, 6) is 0.880. The molecule has 7 heteroatoms. The van der Waals surface area contributed by atoms with E-state index in [0.717, 1.165) is 5.56 Å². The fraction of sp³-hybridized carbons (Fsp3) is 0.391. The maximum atomic E-state index is 12.5. The van der Waals surface area contributed by atoms with Crippen LogP contribution in [0.1, 0.15) is 62.8 Å². The highest BCUT2D eigenvalue weighted by Crippen LogP contribution is 2.25. The monoisotopic (exact) mass is 427 g/mol. The van der Waals surface area contributed by atoms with E-state index in [4.69, 9.17) is 0 Å². The molecule has 1 atom stereocenters. The van der Waals surface area contributed by atoms with Gasteiger partial charge in [-0.2, -0.15) is 0 Å². The Labute approximate surface area is 178 Å². The number of amides is 1. The Morgan fingerprint density at radius 3 is 2.27 bits per heavy atom. The SMILES string of the molecule is CC(C)c1ccc([C@@H](NC(=O)CCN=C2NS(=O)(=O)c3ccccc32)C(C)C)cc1. The van der Waals surface area contributed by atoms with Gasteiger partial charge in [-0.15, -0.1) is 0 Å². The third kappa shape index (κ3) is 4.90. The van der Waals surface area contributed by atoms with Crippen molar-refractivity contribution < 1.29 is 13.2 Å². The molecule has 0 bridgehead atoms. The van der Waals surface area contributed by atoms with E-state index in [1.807, 2.05) is 0 Å². The standard InChI is InChI=1S/C23H29N3O3S/c1-15(2)17-9-11-18(12-10-17)22(16(3)4)25-21(27)13-14-24-23-19-7-5-6-8-20(19)30(28,29)26-23/h5-12,15-16,22H,13-14H2,1-4H3,(H,24,26)(H,25,27)/t22-/m0/s1. The number of rotatable bonds is 7. The molecule has 0 radical (unpaired) electrons. The molecular formula is C23H29N3O3S. The maximum absolute atomic E-state index is 12.5. The summed E-state index contributed by atoms with van der Waals surface area (Å²) in [6.45, 7) is 8.66. The first kappa shape index (κ1) is 22.0. The number of aliphatic imine (C=N–C) groups is 1. The molecule has 1 amide bonds. The van der Waals surface area contributed by atoms with Crippen LogP contribution >= 0.6 is 0 Å². The summed E-state index contributed by atoms with van der Waals surface area (Å²) in [5, 5.41) is 3.10. The first-order valence-electron chi connectivity index (χ1n) is 10.2. The maximum Gasteiger partial charge on any atom is 0.263 e. The molecule has 1 aliphatic rings. The number of fused-ring (bicyclic) bond motifs is 1. The van der Waals surface area contributed by atoms with Crippen LogP contribution in [0.15, 0.2) is 58.4 Å². The summed E-state index contributed by atoms with van der Waals surface area (Å²) in [6, 6.07) is 15.0. The number of hydrogen-bond donors (Lipinski definition) is 2. The van der Waals surface area contributed by atoms with Crippen LogP contribution in [-0.2, 0) is 14.8 Å². The van der Waals surface area contributed by atoms with E-state index in [1.165, 1.54) is 5.56 Å². The molecule has 30 heavy (non-hydrogen) atoms. The van der Waals surface area contributed by atoms with Crippen LogP contribution in [0, 0.1) is 5.92 Å². The molecule has 0 fully saturated rings. The lowest BCUT2D eigenvalue weighted by molar-refractivity contribution is -0.121. The molecule has 1 heterocycles. The molecule has 6 nitrogen and oxygen atoms in total. The van der Waals surface area contributed by atoms with Gasteiger partial charge in [-0.3, -0.25) is 14.5 Å². The van der Waals surface area contributed by atoms with Crippen LogP contribution in [0.4, 0.5) is 0 Å². The third-order valence-corrected chi connectivity index (χ3v) is 6.61. The lowest BCUT2D eigenvalue weighted by atomic mass is 9.93. The average molecular weight is 428 g/mol. The molecule has 2 aromatic rings. The van der Waals surface area contributed by atoms with Crippen molar-refractivity contribution in [3.05, 3.63) is 65.2 Å². The molecular weight excluding hydrogens is 398 g/mol. The number of nitrogens with zero attached hydrogens (tertiary/aromatic N) is 1. The first-order chi connectivity index (χ1) is 14.2. The molecule has 2 aromatic carbocycles. The Morgan fingerprint density at radius 1 is 1.00 bits per heavy atom. The Balaban J connectivity index is 1.64. The quantitative estimate of drug-likeness (QED) is 0.705. The molecule has 2 N–H and O–H groups in total. The number of amidine groups is 1. The first-order valence-corrected chi connectivity index (χ1v) is 11.7. The van der Waals surface area contributed by atoms with Crippen molar-refractivity contribution >= 4 is 21.8 Å². The number of hydrogen-bond acceptors (Lipinski definition) is 4. The summed E-state index contributed by atoms with van der Waals surface area (Å²) in [7, 11) is -3.56.